The van der Waals surface area contributed by atoms with Gasteiger partial charge in [0.2, 0.25) is 5.88 Å². The summed E-state index contributed by atoms with van der Waals surface area (Å²) < 4.78 is 4.87. The topological polar surface area (TPSA) is 61.0 Å². The van der Waals surface area contributed by atoms with Gasteiger partial charge in [-0.05, 0) is 6.92 Å². The molecular weight excluding hydrogens is 130 g/mol. The van der Waals surface area contributed by atoms with Crippen LogP contribution in [0.4, 0.5) is 5.82 Å². The predicted octanol–water partition coefficient (Wildman–Crippen LogP) is 0.376. The van der Waals surface area contributed by atoms with Crippen LogP contribution in [0.15, 0.2) is 6.20 Å². The predicted molar refractivity (Wildman–Crippen MR) is 37.7 cm³/mol. The third-order valence-electron chi connectivity index (χ3n) is 1.12. The summed E-state index contributed by atoms with van der Waals surface area (Å²) in [6.07, 6.45) is 1.50. The number of hydrogen-bond acceptors (Lipinski definition) is 4. The minimum Gasteiger partial charge on any atom is -0.480 e. The molecular formula is C6H9N3O. The maximum absolute atomic E-state index is 5.35. The molecule has 4 heteroatoms. The van der Waals surface area contributed by atoms with Gasteiger partial charge in [-0.1, -0.05) is 0 Å². The van der Waals surface area contributed by atoms with E-state index in [1.165, 1.54) is 13.3 Å². The summed E-state index contributed by atoms with van der Waals surface area (Å²) in [6.45, 7) is 1.81. The number of ether oxygens (including phenoxy) is 1. The lowest BCUT2D eigenvalue weighted by atomic mass is 10.5. The fourth-order valence-electron chi connectivity index (χ4n) is 0.639. The highest BCUT2D eigenvalue weighted by atomic mass is 16.5. The van der Waals surface area contributed by atoms with Crippen molar-refractivity contribution in [2.75, 3.05) is 12.8 Å². The van der Waals surface area contributed by atoms with Crippen molar-refractivity contribution >= 4 is 5.82 Å². The zero-order chi connectivity index (χ0) is 7.56. The van der Waals surface area contributed by atoms with Gasteiger partial charge in [-0.15, -0.1) is 0 Å². The molecule has 0 amide bonds. The molecule has 0 atom stereocenters. The second-order valence-electron chi connectivity index (χ2n) is 1.89. The molecule has 0 saturated carbocycles. The average Bonchev–Trinajstić information content (AvgIpc) is 1.94. The Labute approximate surface area is 59.1 Å². The minimum absolute atomic E-state index is 0.377. The zero-order valence-electron chi connectivity index (χ0n) is 5.96. The molecule has 1 rings (SSSR count). The molecule has 0 aromatic carbocycles. The van der Waals surface area contributed by atoms with E-state index in [1.54, 1.807) is 0 Å². The van der Waals surface area contributed by atoms with E-state index < -0.39 is 0 Å². The van der Waals surface area contributed by atoms with Crippen molar-refractivity contribution in [2.24, 2.45) is 0 Å². The Morgan fingerprint density at radius 3 is 2.80 bits per heavy atom. The standard InChI is InChI=1S/C6H9N3O/c1-4-6(10-2)9-5(7)3-8-4/h3H,1-2H3,(H2,7,9). The molecule has 0 aliphatic carbocycles. The number of aromatic nitrogens is 2. The first-order chi connectivity index (χ1) is 4.74. The van der Waals surface area contributed by atoms with E-state index in [-0.39, 0.29) is 0 Å². The summed E-state index contributed by atoms with van der Waals surface area (Å²) in [6, 6.07) is 0. The van der Waals surface area contributed by atoms with Crippen LogP contribution in [0.5, 0.6) is 5.88 Å². The third-order valence-corrected chi connectivity index (χ3v) is 1.12. The van der Waals surface area contributed by atoms with Gasteiger partial charge in [0.15, 0.2) is 0 Å². The second kappa shape index (κ2) is 2.51. The van der Waals surface area contributed by atoms with Crippen molar-refractivity contribution in [2.45, 2.75) is 6.92 Å². The summed E-state index contributed by atoms with van der Waals surface area (Å²) in [5, 5.41) is 0. The lowest BCUT2D eigenvalue weighted by Gasteiger charge is -2.01. The molecule has 0 bridgehead atoms. The first kappa shape index (κ1) is 6.80. The monoisotopic (exact) mass is 139 g/mol. The molecule has 1 aromatic rings. The SMILES string of the molecule is COc1nc(N)cnc1C. The third kappa shape index (κ3) is 1.15. The molecule has 54 valence electrons. The van der Waals surface area contributed by atoms with Crippen LogP contribution in [-0.2, 0) is 0 Å². The quantitative estimate of drug-likeness (QED) is 0.610. The number of aryl methyl sites for hydroxylation is 1. The average molecular weight is 139 g/mol. The van der Waals surface area contributed by atoms with Gasteiger partial charge in [-0.25, -0.2) is 0 Å². The smallest absolute Gasteiger partial charge is 0.237 e. The van der Waals surface area contributed by atoms with Gasteiger partial charge >= 0.3 is 0 Å². The van der Waals surface area contributed by atoms with Gasteiger partial charge in [0.1, 0.15) is 5.82 Å². The molecule has 0 aliphatic rings. The first-order valence-electron chi connectivity index (χ1n) is 2.87. The number of nitrogens with two attached hydrogens (primary N) is 1. The fourth-order valence-corrected chi connectivity index (χ4v) is 0.639. The van der Waals surface area contributed by atoms with E-state index in [1.807, 2.05) is 6.92 Å². The van der Waals surface area contributed by atoms with E-state index >= 15 is 0 Å². The summed E-state index contributed by atoms with van der Waals surface area (Å²) in [5.41, 5.74) is 6.10. The van der Waals surface area contributed by atoms with Gasteiger partial charge < -0.3 is 10.5 Å². The van der Waals surface area contributed by atoms with Crippen LogP contribution in [0.25, 0.3) is 0 Å². The van der Waals surface area contributed by atoms with E-state index in [2.05, 4.69) is 9.97 Å². The lowest BCUT2D eigenvalue weighted by molar-refractivity contribution is 0.392. The van der Waals surface area contributed by atoms with Gasteiger partial charge in [0.05, 0.1) is 19.0 Å². The highest BCUT2D eigenvalue weighted by Gasteiger charge is 1.99. The van der Waals surface area contributed by atoms with Crippen LogP contribution >= 0.6 is 0 Å². The Morgan fingerprint density at radius 1 is 1.60 bits per heavy atom. The van der Waals surface area contributed by atoms with Crippen molar-refractivity contribution < 1.29 is 4.74 Å². The summed E-state index contributed by atoms with van der Waals surface area (Å²) >= 11 is 0. The molecule has 0 spiro atoms. The Bertz CT molecular complexity index is 236. The number of nitrogen functional groups attached to an aromatic ring is 1. The number of methoxy groups -OCH3 is 1. The highest BCUT2D eigenvalue weighted by molar-refractivity contribution is 5.30. The van der Waals surface area contributed by atoms with Crippen molar-refractivity contribution in [3.8, 4) is 5.88 Å². The minimum atomic E-state index is 0.377. The molecule has 0 radical (unpaired) electrons. The molecule has 10 heavy (non-hydrogen) atoms. The van der Waals surface area contributed by atoms with E-state index in [4.69, 9.17) is 10.5 Å². The maximum atomic E-state index is 5.35. The number of rotatable bonds is 1. The van der Waals surface area contributed by atoms with Crippen LogP contribution in [0.2, 0.25) is 0 Å². The fraction of sp³-hybridized carbons (Fsp3) is 0.333. The van der Waals surface area contributed by atoms with E-state index in [0.717, 1.165) is 5.69 Å². The van der Waals surface area contributed by atoms with Gasteiger partial charge in [0.25, 0.3) is 0 Å². The molecule has 2 N–H and O–H groups in total. The van der Waals surface area contributed by atoms with Crippen molar-refractivity contribution in [1.29, 1.82) is 0 Å². The van der Waals surface area contributed by atoms with E-state index in [0.29, 0.717) is 11.7 Å². The molecule has 0 aliphatic heterocycles. The van der Waals surface area contributed by atoms with Gasteiger partial charge in [-0.2, -0.15) is 4.98 Å². The normalized spacial score (nSPS) is 9.40. The summed E-state index contributed by atoms with van der Waals surface area (Å²) in [7, 11) is 1.54. The lowest BCUT2D eigenvalue weighted by Crippen LogP contribution is -1.98. The number of nitrogens with zero attached hydrogens (tertiary/aromatic N) is 2. The maximum Gasteiger partial charge on any atom is 0.237 e. The second-order valence-corrected chi connectivity index (χ2v) is 1.89. The molecule has 0 saturated heterocycles. The number of anilines is 1. The zero-order valence-corrected chi connectivity index (χ0v) is 5.96. The molecule has 0 unspecified atom stereocenters. The first-order valence-corrected chi connectivity index (χ1v) is 2.87. The molecule has 0 fully saturated rings. The van der Waals surface area contributed by atoms with Crippen LogP contribution in [0.3, 0.4) is 0 Å². The Balaban J connectivity index is 3.09. The Hall–Kier alpha value is -1.32. The Morgan fingerprint density at radius 2 is 2.30 bits per heavy atom. The van der Waals surface area contributed by atoms with Crippen LogP contribution in [0.1, 0.15) is 5.69 Å². The van der Waals surface area contributed by atoms with E-state index in [9.17, 15) is 0 Å². The molecule has 1 aromatic heterocycles. The van der Waals surface area contributed by atoms with Gasteiger partial charge in [-0.3, -0.25) is 4.98 Å². The number of hydrogen-bond donors (Lipinski definition) is 1. The van der Waals surface area contributed by atoms with Crippen molar-refractivity contribution in [1.82, 2.24) is 9.97 Å². The Kier molecular flexibility index (Phi) is 1.71. The van der Waals surface area contributed by atoms with Crippen molar-refractivity contribution in [3.05, 3.63) is 11.9 Å². The van der Waals surface area contributed by atoms with Crippen LogP contribution in [-0.4, -0.2) is 17.1 Å². The molecule has 1 heterocycles. The van der Waals surface area contributed by atoms with Crippen LogP contribution < -0.4 is 10.5 Å². The van der Waals surface area contributed by atoms with Crippen molar-refractivity contribution in [3.63, 3.8) is 0 Å². The largest absolute Gasteiger partial charge is 0.480 e. The summed E-state index contributed by atoms with van der Waals surface area (Å²) in [5.74, 6) is 0.863. The highest BCUT2D eigenvalue weighted by Crippen LogP contribution is 2.10. The van der Waals surface area contributed by atoms with Crippen LogP contribution in [0, 0.1) is 6.92 Å². The summed E-state index contributed by atoms with van der Waals surface area (Å²) in [4.78, 5) is 7.82. The van der Waals surface area contributed by atoms with Gasteiger partial charge in [0, 0.05) is 0 Å². The molecule has 4 nitrogen and oxygen atoms in total.